The molecule has 0 radical (unpaired) electrons. The Bertz CT molecular complexity index is 1090. The first kappa shape index (κ1) is 65.9. The van der Waals surface area contributed by atoms with Crippen molar-refractivity contribution >= 4 is 5.91 Å². The van der Waals surface area contributed by atoms with Crippen LogP contribution in [-0.4, -0.2) is 87.5 Å². The summed E-state index contributed by atoms with van der Waals surface area (Å²) in [5, 5.41) is 54.7. The van der Waals surface area contributed by atoms with Crippen LogP contribution in [0.3, 0.4) is 0 Å². The van der Waals surface area contributed by atoms with Crippen molar-refractivity contribution in [1.29, 1.82) is 0 Å². The maximum Gasteiger partial charge on any atom is 0.220 e. The Balaban J connectivity index is 2.18. The van der Waals surface area contributed by atoms with Crippen molar-refractivity contribution in [2.24, 2.45) is 0 Å². The number of aliphatic hydroxyl groups excluding tert-OH is 5. The van der Waals surface area contributed by atoms with E-state index >= 15 is 0 Å². The molecule has 410 valence electrons. The summed E-state index contributed by atoms with van der Waals surface area (Å²) in [6.07, 6.45) is 55.3. The molecular formula is C60H117NO8. The fourth-order valence-electron chi connectivity index (χ4n) is 10.0. The quantitative estimate of drug-likeness (QED) is 0.0261. The van der Waals surface area contributed by atoms with Gasteiger partial charge in [0.25, 0.3) is 0 Å². The second-order valence-corrected chi connectivity index (χ2v) is 21.5. The number of nitrogens with one attached hydrogen (secondary N) is 1. The molecule has 6 N–H and O–H groups in total. The van der Waals surface area contributed by atoms with Crippen LogP contribution in [-0.2, 0) is 14.3 Å². The maximum atomic E-state index is 13.1. The Morgan fingerprint density at radius 2 is 0.812 bits per heavy atom. The summed E-state index contributed by atoms with van der Waals surface area (Å²) < 4.78 is 11.3. The number of rotatable bonds is 53. The minimum absolute atomic E-state index is 0.134. The van der Waals surface area contributed by atoms with E-state index in [9.17, 15) is 30.3 Å². The predicted molar refractivity (Wildman–Crippen MR) is 291 cm³/mol. The number of hydrogen-bond acceptors (Lipinski definition) is 8. The molecule has 0 spiro atoms. The molecule has 1 aliphatic rings. The number of amides is 1. The summed E-state index contributed by atoms with van der Waals surface area (Å²) in [4.78, 5) is 13.1. The summed E-state index contributed by atoms with van der Waals surface area (Å²) in [7, 11) is 0. The van der Waals surface area contributed by atoms with Crippen molar-refractivity contribution in [2.45, 2.75) is 352 Å². The summed E-state index contributed by atoms with van der Waals surface area (Å²) in [5.41, 5.74) is 0. The molecule has 7 atom stereocenters. The number of carbonyl (C=O) groups is 1. The maximum absolute atomic E-state index is 13.1. The van der Waals surface area contributed by atoms with Gasteiger partial charge in [-0.15, -0.1) is 0 Å². The number of ether oxygens (including phenoxy) is 2. The Labute approximate surface area is 426 Å². The highest BCUT2D eigenvalue weighted by molar-refractivity contribution is 5.76. The zero-order valence-electron chi connectivity index (χ0n) is 45.6. The van der Waals surface area contributed by atoms with Gasteiger partial charge in [0, 0.05) is 6.42 Å². The van der Waals surface area contributed by atoms with Gasteiger partial charge in [0.05, 0.1) is 25.4 Å². The molecule has 1 fully saturated rings. The summed E-state index contributed by atoms with van der Waals surface area (Å²) in [5.74, 6) is -0.140. The highest BCUT2D eigenvalue weighted by Gasteiger charge is 2.44. The van der Waals surface area contributed by atoms with Gasteiger partial charge in [0.1, 0.15) is 24.4 Å². The third-order valence-corrected chi connectivity index (χ3v) is 14.9. The van der Waals surface area contributed by atoms with Crippen LogP contribution < -0.4 is 5.32 Å². The molecule has 9 nitrogen and oxygen atoms in total. The lowest BCUT2D eigenvalue weighted by molar-refractivity contribution is -0.302. The molecule has 0 aromatic rings. The van der Waals surface area contributed by atoms with Gasteiger partial charge in [-0.3, -0.25) is 4.79 Å². The van der Waals surface area contributed by atoms with E-state index in [0.29, 0.717) is 12.8 Å². The molecule has 0 aromatic heterocycles. The van der Waals surface area contributed by atoms with Crippen molar-refractivity contribution in [1.82, 2.24) is 5.32 Å². The van der Waals surface area contributed by atoms with Crippen molar-refractivity contribution in [3.05, 3.63) is 12.2 Å². The number of aliphatic hydroxyl groups is 5. The highest BCUT2D eigenvalue weighted by Crippen LogP contribution is 2.23. The van der Waals surface area contributed by atoms with E-state index < -0.39 is 49.5 Å². The van der Waals surface area contributed by atoms with Crippen LogP contribution in [0.2, 0.25) is 0 Å². The first-order chi connectivity index (χ1) is 33.8. The predicted octanol–water partition coefficient (Wildman–Crippen LogP) is 15.2. The number of unbranched alkanes of at least 4 members (excludes halogenated alkanes) is 41. The molecule has 0 bridgehead atoms. The van der Waals surface area contributed by atoms with Gasteiger partial charge >= 0.3 is 0 Å². The van der Waals surface area contributed by atoms with E-state index in [1.807, 2.05) is 0 Å². The highest BCUT2D eigenvalue weighted by atomic mass is 16.7. The summed E-state index contributed by atoms with van der Waals surface area (Å²) in [6, 6.07) is -0.718. The van der Waals surface area contributed by atoms with Gasteiger partial charge in [-0.1, -0.05) is 276 Å². The fraction of sp³-hybridized carbons (Fsp3) is 0.950. The van der Waals surface area contributed by atoms with E-state index in [1.54, 1.807) is 0 Å². The van der Waals surface area contributed by atoms with Gasteiger partial charge in [0.2, 0.25) is 5.91 Å². The minimum atomic E-state index is -1.55. The van der Waals surface area contributed by atoms with Crippen LogP contribution in [0.5, 0.6) is 0 Å². The number of hydrogen-bond donors (Lipinski definition) is 6. The van der Waals surface area contributed by atoms with Crippen LogP contribution in [0.15, 0.2) is 12.2 Å². The number of allylic oxidation sites excluding steroid dienone is 2. The smallest absolute Gasteiger partial charge is 0.220 e. The Morgan fingerprint density at radius 1 is 0.478 bits per heavy atom. The molecule has 0 aromatic carbocycles. The zero-order chi connectivity index (χ0) is 50.1. The van der Waals surface area contributed by atoms with E-state index in [1.165, 1.54) is 244 Å². The van der Waals surface area contributed by atoms with E-state index in [4.69, 9.17) is 9.47 Å². The average molecular weight is 981 g/mol. The third kappa shape index (κ3) is 40.1. The molecule has 0 saturated carbocycles. The lowest BCUT2D eigenvalue weighted by Gasteiger charge is -2.40. The van der Waals surface area contributed by atoms with Crippen molar-refractivity contribution in [3.63, 3.8) is 0 Å². The normalized spacial score (nSPS) is 19.4. The first-order valence-electron chi connectivity index (χ1n) is 30.4. The Morgan fingerprint density at radius 3 is 1.17 bits per heavy atom. The zero-order valence-corrected chi connectivity index (χ0v) is 45.6. The molecule has 9 heteroatoms. The van der Waals surface area contributed by atoms with Crippen LogP contribution in [0, 0.1) is 0 Å². The molecule has 1 aliphatic heterocycles. The number of carbonyl (C=O) groups excluding carboxylic acids is 1. The molecular weight excluding hydrogens is 863 g/mol. The summed E-state index contributed by atoms with van der Waals surface area (Å²) in [6.45, 7) is 3.88. The van der Waals surface area contributed by atoms with Crippen LogP contribution >= 0.6 is 0 Å². The van der Waals surface area contributed by atoms with Crippen molar-refractivity contribution < 1.29 is 39.8 Å². The lowest BCUT2D eigenvalue weighted by Crippen LogP contribution is -2.60. The SMILES string of the molecule is CCCCCCCCCCCCCC/C=C\CCCCCCCCCCCC(=O)NC(COC1OC(CO)C(O)C(O)C1O)C(O)CCCCCCCCCCCCCCCCCCCCCCC. The van der Waals surface area contributed by atoms with Gasteiger partial charge in [-0.05, 0) is 38.5 Å². The molecule has 1 amide bonds. The lowest BCUT2D eigenvalue weighted by atomic mass is 9.99. The second-order valence-electron chi connectivity index (χ2n) is 21.5. The minimum Gasteiger partial charge on any atom is -0.394 e. The topological polar surface area (TPSA) is 149 Å². The monoisotopic (exact) mass is 980 g/mol. The van der Waals surface area contributed by atoms with Gasteiger partial charge in [-0.25, -0.2) is 0 Å². The molecule has 1 rings (SSSR count). The molecule has 69 heavy (non-hydrogen) atoms. The third-order valence-electron chi connectivity index (χ3n) is 14.9. The first-order valence-corrected chi connectivity index (χ1v) is 30.4. The Hall–Kier alpha value is -1.07. The van der Waals surface area contributed by atoms with E-state index in [2.05, 4.69) is 31.3 Å². The summed E-state index contributed by atoms with van der Waals surface area (Å²) >= 11 is 0. The van der Waals surface area contributed by atoms with Crippen LogP contribution in [0.1, 0.15) is 309 Å². The van der Waals surface area contributed by atoms with Crippen molar-refractivity contribution in [2.75, 3.05) is 13.2 Å². The van der Waals surface area contributed by atoms with Crippen molar-refractivity contribution in [3.8, 4) is 0 Å². The fourth-order valence-corrected chi connectivity index (χ4v) is 10.0. The Kier molecular flexibility index (Phi) is 48.2. The average Bonchev–Trinajstić information content (AvgIpc) is 3.35. The van der Waals surface area contributed by atoms with Gasteiger partial charge in [-0.2, -0.15) is 0 Å². The van der Waals surface area contributed by atoms with Crippen LogP contribution in [0.4, 0.5) is 0 Å². The largest absolute Gasteiger partial charge is 0.394 e. The molecule has 1 heterocycles. The second kappa shape index (κ2) is 50.5. The van der Waals surface area contributed by atoms with Gasteiger partial charge < -0.3 is 40.3 Å². The molecule has 1 saturated heterocycles. The molecule has 7 unspecified atom stereocenters. The standard InChI is InChI=1S/C60H117NO8/c1-3-5-7-9-11-13-15-17-19-21-23-25-26-27-28-30-32-34-36-38-40-42-44-46-48-50-56(64)61-53(52-68-60-59(67)58(66)57(65)55(51-62)69-60)54(63)49-47-45-43-41-39-37-35-33-31-29-24-22-20-18-16-14-12-10-8-6-4-2/h27-28,53-55,57-60,62-63,65-67H,3-26,29-52H2,1-2H3,(H,61,64)/b28-27-. The van der Waals surface area contributed by atoms with Gasteiger partial charge in [0.15, 0.2) is 6.29 Å². The van der Waals surface area contributed by atoms with E-state index in [0.717, 1.165) is 38.5 Å². The molecule has 0 aliphatic carbocycles. The van der Waals surface area contributed by atoms with E-state index in [-0.39, 0.29) is 12.5 Å². The van der Waals surface area contributed by atoms with Crippen LogP contribution in [0.25, 0.3) is 0 Å².